The number of amides is 3. The first-order valence-corrected chi connectivity index (χ1v) is 13.3. The van der Waals surface area contributed by atoms with Gasteiger partial charge >= 0.3 is 6.43 Å². The van der Waals surface area contributed by atoms with Crippen LogP contribution in [0.15, 0.2) is 17.0 Å². The molecule has 0 radical (unpaired) electrons. The van der Waals surface area contributed by atoms with Crippen molar-refractivity contribution < 1.29 is 23.2 Å². The van der Waals surface area contributed by atoms with Gasteiger partial charge in [0.15, 0.2) is 0 Å². The van der Waals surface area contributed by atoms with Crippen LogP contribution < -0.4 is 31.5 Å². The Morgan fingerprint density at radius 3 is 2.45 bits per heavy atom. The summed E-state index contributed by atoms with van der Waals surface area (Å²) in [5.74, 6) is -1.92. The van der Waals surface area contributed by atoms with Gasteiger partial charge in [-0.3, -0.25) is 25.0 Å². The minimum Gasteiger partial charge on any atom is -0.387 e. The van der Waals surface area contributed by atoms with E-state index in [4.69, 9.17) is 0 Å². The predicted octanol–water partition coefficient (Wildman–Crippen LogP) is 1.67. The average Bonchev–Trinajstić information content (AvgIpc) is 2.89. The van der Waals surface area contributed by atoms with Gasteiger partial charge in [-0.15, -0.1) is 12.4 Å². The molecule has 3 rings (SSSR count). The van der Waals surface area contributed by atoms with Crippen molar-refractivity contribution in [3.8, 4) is 0 Å². The maximum absolute atomic E-state index is 13.9. The molecule has 1 fully saturated rings. The highest BCUT2D eigenvalue weighted by Gasteiger charge is 2.46. The molecule has 0 aromatic heterocycles. The fourth-order valence-corrected chi connectivity index (χ4v) is 6.00. The van der Waals surface area contributed by atoms with Gasteiger partial charge in [-0.1, -0.05) is 11.8 Å². The van der Waals surface area contributed by atoms with E-state index in [1.165, 1.54) is 16.7 Å². The highest BCUT2D eigenvalue weighted by molar-refractivity contribution is 8.01. The Labute approximate surface area is 232 Å². The molecular weight excluding hydrogens is 540 g/mol. The smallest absolute Gasteiger partial charge is 0.315 e. The van der Waals surface area contributed by atoms with Gasteiger partial charge in [-0.2, -0.15) is 8.78 Å². The summed E-state index contributed by atoms with van der Waals surface area (Å²) < 4.78 is 25.4. The lowest BCUT2D eigenvalue weighted by Gasteiger charge is -2.42. The van der Waals surface area contributed by atoms with Crippen molar-refractivity contribution in [1.82, 2.24) is 26.2 Å². The zero-order valence-electron chi connectivity index (χ0n) is 22.3. The minimum atomic E-state index is -3.15. The molecule has 2 heterocycles. The van der Waals surface area contributed by atoms with Crippen molar-refractivity contribution in [2.75, 3.05) is 57.5 Å². The van der Waals surface area contributed by atoms with Crippen molar-refractivity contribution in [1.29, 1.82) is 0 Å². The number of benzene rings is 1. The van der Waals surface area contributed by atoms with Gasteiger partial charge in [0.25, 0.3) is 17.7 Å². The van der Waals surface area contributed by atoms with Crippen LogP contribution in [0, 0.1) is 0 Å². The minimum absolute atomic E-state index is 0. The van der Waals surface area contributed by atoms with Crippen LogP contribution in [0.4, 0.5) is 20.2 Å². The molecule has 0 aliphatic carbocycles. The molecule has 2 aliphatic heterocycles. The number of hydrogen-bond acceptors (Lipinski definition) is 8. The van der Waals surface area contributed by atoms with Crippen LogP contribution >= 0.6 is 24.2 Å². The topological polar surface area (TPSA) is 118 Å². The van der Waals surface area contributed by atoms with E-state index in [0.717, 1.165) is 19.4 Å². The second-order valence-electron chi connectivity index (χ2n) is 9.25. The van der Waals surface area contributed by atoms with E-state index in [1.54, 1.807) is 27.2 Å². The van der Waals surface area contributed by atoms with Crippen LogP contribution in [0.1, 0.15) is 37.0 Å². The fraction of sp³-hybridized carbons (Fsp3) is 0.625. The normalized spacial score (nSPS) is 18.6. The van der Waals surface area contributed by atoms with E-state index in [0.29, 0.717) is 28.4 Å². The molecule has 14 heteroatoms. The van der Waals surface area contributed by atoms with E-state index in [9.17, 15) is 23.2 Å². The largest absolute Gasteiger partial charge is 0.387 e. The molecule has 1 aromatic rings. The highest BCUT2D eigenvalue weighted by atomic mass is 35.5. The molecule has 1 aromatic carbocycles. The molecule has 5 N–H and O–H groups in total. The number of nitrogens with one attached hydrogen (secondary N) is 5. The summed E-state index contributed by atoms with van der Waals surface area (Å²) in [7, 11) is 5.01. The van der Waals surface area contributed by atoms with E-state index >= 15 is 0 Å². The Balaban J connectivity index is 0.00000507. The number of alkyl halides is 2. The lowest BCUT2D eigenvalue weighted by Crippen LogP contribution is -2.64. The van der Waals surface area contributed by atoms with E-state index < -0.39 is 17.3 Å². The van der Waals surface area contributed by atoms with Gasteiger partial charge in [0.1, 0.15) is 0 Å². The first-order valence-electron chi connectivity index (χ1n) is 12.4. The van der Waals surface area contributed by atoms with E-state index in [2.05, 4.69) is 26.6 Å². The van der Waals surface area contributed by atoms with E-state index in [-0.39, 0.29) is 49.4 Å². The van der Waals surface area contributed by atoms with Crippen molar-refractivity contribution in [3.05, 3.63) is 17.7 Å². The molecule has 0 unspecified atom stereocenters. The number of thioether (sulfide) groups is 1. The number of nitrogens with zero attached hydrogens (tertiary/aromatic N) is 2. The first kappa shape index (κ1) is 32.0. The summed E-state index contributed by atoms with van der Waals surface area (Å²) in [6.45, 7) is 5.37. The molecule has 214 valence electrons. The van der Waals surface area contributed by atoms with Crippen molar-refractivity contribution in [3.63, 3.8) is 0 Å². The first-order chi connectivity index (χ1) is 17.6. The highest BCUT2D eigenvalue weighted by Crippen LogP contribution is 2.45. The van der Waals surface area contributed by atoms with Gasteiger partial charge in [0, 0.05) is 49.3 Å². The van der Waals surface area contributed by atoms with Crippen molar-refractivity contribution in [2.24, 2.45) is 0 Å². The zero-order valence-corrected chi connectivity index (χ0v) is 24.0. The third-order valence-corrected chi connectivity index (χ3v) is 8.13. The maximum Gasteiger partial charge on any atom is 0.315 e. The SMILES string of the molecule is CNc1cc2c(cc1C(=O)N(C(C)C)[C@@H]1CCCNC1)N(CCNC(=O)C(F)F)C(=O)C(NC)(NC)S2.Cl. The van der Waals surface area contributed by atoms with Crippen LogP contribution in [0.2, 0.25) is 0 Å². The van der Waals surface area contributed by atoms with Crippen molar-refractivity contribution >= 4 is 53.3 Å². The Morgan fingerprint density at radius 1 is 1.24 bits per heavy atom. The van der Waals surface area contributed by atoms with Crippen LogP contribution in [0.25, 0.3) is 0 Å². The predicted molar refractivity (Wildman–Crippen MR) is 149 cm³/mol. The average molecular weight is 578 g/mol. The third kappa shape index (κ3) is 6.50. The number of carbonyl (C=O) groups excluding carboxylic acids is 3. The molecule has 38 heavy (non-hydrogen) atoms. The molecule has 3 amide bonds. The number of piperidine rings is 1. The van der Waals surface area contributed by atoms with Crippen LogP contribution in [-0.4, -0.2) is 93.4 Å². The molecule has 10 nitrogen and oxygen atoms in total. The fourth-order valence-electron chi connectivity index (χ4n) is 4.82. The molecule has 1 saturated heterocycles. The summed E-state index contributed by atoms with van der Waals surface area (Å²) in [4.78, 5) is 41.8. The lowest BCUT2D eigenvalue weighted by molar-refractivity contribution is -0.131. The number of hydrogen-bond donors (Lipinski definition) is 5. The molecule has 2 aliphatic rings. The van der Waals surface area contributed by atoms with Gasteiger partial charge in [-0.25, -0.2) is 0 Å². The number of anilines is 2. The Hall–Kier alpha value is -2.19. The van der Waals surface area contributed by atoms with Gasteiger partial charge < -0.3 is 25.8 Å². The number of rotatable bonds is 10. The zero-order chi connectivity index (χ0) is 27.3. The second-order valence-corrected chi connectivity index (χ2v) is 10.5. The Bertz CT molecular complexity index is 1010. The standard InChI is InChI=1S/C24H37F2N7O3S.ClH/c1-14(2)33(15-7-6-8-30-13-15)22(35)16-11-18-19(12-17(16)27-3)37-24(28-4,29-5)23(36)32(18)10-9-31-21(34)20(25)26;/h11-12,14-15,20,27-30H,6-10,13H2,1-5H3,(H,31,34);1H/t15-;/m1./s1. The number of carbonyl (C=O) groups is 3. The summed E-state index contributed by atoms with van der Waals surface area (Å²) >= 11 is 1.26. The molecular formula is C24H38ClF2N7O3S. The van der Waals surface area contributed by atoms with E-state index in [1.807, 2.05) is 24.8 Å². The van der Waals surface area contributed by atoms with Crippen molar-refractivity contribution in [2.45, 2.75) is 55.1 Å². The molecule has 1 atom stereocenters. The molecule has 0 spiro atoms. The number of likely N-dealkylation sites (N-methyl/N-ethyl adjacent to an activating group) is 2. The lowest BCUT2D eigenvalue weighted by atomic mass is 10.0. The Morgan fingerprint density at radius 2 is 1.92 bits per heavy atom. The maximum atomic E-state index is 13.9. The quantitative estimate of drug-likeness (QED) is 0.267. The summed E-state index contributed by atoms with van der Waals surface area (Å²) in [6.07, 6.45) is -1.27. The van der Waals surface area contributed by atoms with Gasteiger partial charge in [0.2, 0.25) is 4.99 Å². The molecule has 0 bridgehead atoms. The van der Waals surface area contributed by atoms with Crippen LogP contribution in [0.3, 0.4) is 0 Å². The van der Waals surface area contributed by atoms with Crippen LogP contribution in [0.5, 0.6) is 0 Å². The van der Waals surface area contributed by atoms with Crippen LogP contribution in [-0.2, 0) is 9.59 Å². The number of fused-ring (bicyclic) bond motifs is 1. The second kappa shape index (κ2) is 13.7. The third-order valence-electron chi connectivity index (χ3n) is 6.69. The van der Waals surface area contributed by atoms with Gasteiger partial charge in [0.05, 0.1) is 11.3 Å². The summed E-state index contributed by atoms with van der Waals surface area (Å²) in [5, 5.41) is 14.7. The van der Waals surface area contributed by atoms with Gasteiger partial charge in [-0.05, 0) is 59.5 Å². The Kier molecular flexibility index (Phi) is 11.6. The monoisotopic (exact) mass is 577 g/mol. The molecule has 0 saturated carbocycles. The summed E-state index contributed by atoms with van der Waals surface area (Å²) in [6, 6.07) is 3.51. The number of halogens is 3. The summed E-state index contributed by atoms with van der Waals surface area (Å²) in [5.41, 5.74) is 1.51.